The number of fused-ring (bicyclic) bond motifs is 1. The van der Waals surface area contributed by atoms with Crippen LogP contribution >= 0.6 is 33.9 Å². The van der Waals surface area contributed by atoms with E-state index in [1.165, 1.54) is 11.3 Å². The van der Waals surface area contributed by atoms with Crippen molar-refractivity contribution in [2.45, 2.75) is 13.0 Å². The van der Waals surface area contributed by atoms with E-state index >= 15 is 0 Å². The van der Waals surface area contributed by atoms with Crippen LogP contribution in [0.4, 0.5) is 5.69 Å². The molecule has 10 heteroatoms. The number of carbonyl (C=O) groups is 1. The van der Waals surface area contributed by atoms with Gasteiger partial charge >= 0.3 is 0 Å². The molecular formula is C30H26IN3O5S. The molecule has 0 saturated carbocycles. The van der Waals surface area contributed by atoms with Gasteiger partial charge in [0.15, 0.2) is 16.3 Å². The number of amides is 1. The van der Waals surface area contributed by atoms with Crippen LogP contribution in [-0.4, -0.2) is 31.8 Å². The highest BCUT2D eigenvalue weighted by Crippen LogP contribution is 2.34. The van der Waals surface area contributed by atoms with Crippen LogP contribution in [0.2, 0.25) is 0 Å². The second kappa shape index (κ2) is 11.7. The standard InChI is InChI=1S/C30H26IN3O5S/c1-17-25(28(35)33-20-10-6-5-7-11-20)26(19-9-8-12-21(16-19)37-2)34-29(36)24(40-30(34)32-17)15-18-13-22(31)27(39-4)23(14-18)38-3/h5-16,26H,1-4H3,(H,33,35)/b24-15-/t26-/m1/s1. The summed E-state index contributed by atoms with van der Waals surface area (Å²) in [5, 5.41) is 2.96. The molecule has 0 radical (unpaired) electrons. The van der Waals surface area contributed by atoms with Crippen LogP contribution in [0.3, 0.4) is 0 Å². The number of nitrogens with zero attached hydrogens (tertiary/aromatic N) is 2. The van der Waals surface area contributed by atoms with Crippen molar-refractivity contribution in [3.8, 4) is 17.2 Å². The Kier molecular flexibility index (Phi) is 8.08. The normalized spacial score (nSPS) is 14.8. The van der Waals surface area contributed by atoms with Crippen molar-refractivity contribution in [2.24, 2.45) is 4.99 Å². The van der Waals surface area contributed by atoms with Crippen LogP contribution in [0, 0.1) is 3.57 Å². The van der Waals surface area contributed by atoms with E-state index < -0.39 is 6.04 Å². The molecule has 1 aromatic heterocycles. The number of halogens is 1. The van der Waals surface area contributed by atoms with Crippen molar-refractivity contribution < 1.29 is 19.0 Å². The lowest BCUT2D eigenvalue weighted by molar-refractivity contribution is -0.113. The molecule has 1 aliphatic heterocycles. The fourth-order valence-corrected chi connectivity index (χ4v) is 6.52. The Bertz CT molecular complexity index is 1810. The summed E-state index contributed by atoms with van der Waals surface area (Å²) in [5.41, 5.74) is 2.84. The minimum Gasteiger partial charge on any atom is -0.497 e. The van der Waals surface area contributed by atoms with Gasteiger partial charge in [-0.3, -0.25) is 14.2 Å². The van der Waals surface area contributed by atoms with Crippen LogP contribution < -0.4 is 34.4 Å². The first-order chi connectivity index (χ1) is 19.3. The summed E-state index contributed by atoms with van der Waals surface area (Å²) in [4.78, 5) is 32.9. The topological polar surface area (TPSA) is 91.2 Å². The van der Waals surface area contributed by atoms with Crippen LogP contribution in [0.25, 0.3) is 6.08 Å². The number of ether oxygens (including phenoxy) is 3. The Morgan fingerprint density at radius 2 is 1.80 bits per heavy atom. The molecule has 1 N–H and O–H groups in total. The number of thiazole rings is 1. The molecule has 0 aliphatic carbocycles. The van der Waals surface area contributed by atoms with Crippen molar-refractivity contribution >= 4 is 51.6 Å². The maximum Gasteiger partial charge on any atom is 0.271 e. The number of benzene rings is 3. The summed E-state index contributed by atoms with van der Waals surface area (Å²) in [6, 6.07) is 19.6. The summed E-state index contributed by atoms with van der Waals surface area (Å²) in [6.07, 6.45) is 1.81. The van der Waals surface area contributed by atoms with Gasteiger partial charge in [-0.2, -0.15) is 0 Å². The molecule has 1 aliphatic rings. The molecular weight excluding hydrogens is 641 g/mol. The number of methoxy groups -OCH3 is 3. The van der Waals surface area contributed by atoms with Crippen molar-refractivity contribution in [1.82, 2.24) is 4.57 Å². The molecule has 0 spiro atoms. The van der Waals surface area contributed by atoms with E-state index in [0.717, 1.165) is 14.7 Å². The molecule has 1 atom stereocenters. The summed E-state index contributed by atoms with van der Waals surface area (Å²) < 4.78 is 19.3. The van der Waals surface area contributed by atoms with E-state index in [-0.39, 0.29) is 11.5 Å². The Hall–Kier alpha value is -3.90. The van der Waals surface area contributed by atoms with E-state index in [0.29, 0.717) is 43.5 Å². The SMILES string of the molecule is COc1cccc([C@@H]2C(C(=O)Nc3ccccc3)=C(C)N=c3s/c(=C\c4cc(I)c(OC)c(OC)c4)c(=O)n32)c1. The first kappa shape index (κ1) is 27.7. The smallest absolute Gasteiger partial charge is 0.271 e. The number of nitrogens with one attached hydrogen (secondary N) is 1. The zero-order valence-corrected chi connectivity index (χ0v) is 25.2. The van der Waals surface area contributed by atoms with Gasteiger partial charge in [-0.05, 0) is 83.1 Å². The third-order valence-corrected chi connectivity index (χ3v) is 8.25. The minimum atomic E-state index is -0.706. The third kappa shape index (κ3) is 5.28. The van der Waals surface area contributed by atoms with Crippen LogP contribution in [0.15, 0.2) is 87.8 Å². The van der Waals surface area contributed by atoms with Gasteiger partial charge in [0.2, 0.25) is 0 Å². The molecule has 2 heterocycles. The number of anilines is 1. The maximum absolute atomic E-state index is 14.0. The van der Waals surface area contributed by atoms with Gasteiger partial charge in [-0.25, -0.2) is 4.99 Å². The highest BCUT2D eigenvalue weighted by atomic mass is 127. The number of para-hydroxylation sites is 1. The lowest BCUT2D eigenvalue weighted by atomic mass is 9.95. The zero-order valence-electron chi connectivity index (χ0n) is 22.2. The third-order valence-electron chi connectivity index (χ3n) is 6.46. The monoisotopic (exact) mass is 667 g/mol. The Morgan fingerprint density at radius 3 is 2.50 bits per heavy atom. The minimum absolute atomic E-state index is 0.251. The molecule has 40 heavy (non-hydrogen) atoms. The average molecular weight is 668 g/mol. The first-order valence-electron chi connectivity index (χ1n) is 12.3. The van der Waals surface area contributed by atoms with Crippen molar-refractivity contribution in [3.63, 3.8) is 0 Å². The molecule has 5 rings (SSSR count). The summed E-state index contributed by atoms with van der Waals surface area (Å²) >= 11 is 3.45. The number of allylic oxidation sites excluding steroid dienone is 1. The number of aromatic nitrogens is 1. The molecule has 3 aromatic carbocycles. The molecule has 0 saturated heterocycles. The summed E-state index contributed by atoms with van der Waals surface area (Å²) in [7, 11) is 4.74. The second-order valence-electron chi connectivity index (χ2n) is 8.92. The number of hydrogen-bond donors (Lipinski definition) is 1. The zero-order chi connectivity index (χ0) is 28.4. The van der Waals surface area contributed by atoms with Gasteiger partial charge in [0.05, 0.1) is 46.7 Å². The van der Waals surface area contributed by atoms with E-state index in [2.05, 4.69) is 27.9 Å². The molecule has 0 fully saturated rings. The quantitative estimate of drug-likeness (QED) is 0.293. The number of hydrogen-bond acceptors (Lipinski definition) is 7. The fourth-order valence-electron chi connectivity index (χ4n) is 4.63. The highest BCUT2D eigenvalue weighted by molar-refractivity contribution is 14.1. The van der Waals surface area contributed by atoms with Crippen LogP contribution in [0.1, 0.15) is 24.1 Å². The van der Waals surface area contributed by atoms with Crippen molar-refractivity contribution in [2.75, 3.05) is 26.6 Å². The summed E-state index contributed by atoms with van der Waals surface area (Å²) in [5.74, 6) is 1.49. The fraction of sp³-hybridized carbons (Fsp3) is 0.167. The largest absolute Gasteiger partial charge is 0.497 e. The molecule has 4 aromatic rings. The predicted octanol–water partition coefficient (Wildman–Crippen LogP) is 4.50. The number of carbonyl (C=O) groups excluding carboxylic acids is 1. The van der Waals surface area contributed by atoms with E-state index in [1.807, 2.05) is 66.7 Å². The van der Waals surface area contributed by atoms with Crippen molar-refractivity contribution in [3.05, 3.63) is 112 Å². The van der Waals surface area contributed by atoms with Crippen molar-refractivity contribution in [1.29, 1.82) is 0 Å². The van der Waals surface area contributed by atoms with E-state index in [1.54, 1.807) is 38.9 Å². The van der Waals surface area contributed by atoms with E-state index in [4.69, 9.17) is 19.2 Å². The Morgan fingerprint density at radius 1 is 1.02 bits per heavy atom. The van der Waals surface area contributed by atoms with Gasteiger partial charge in [-0.1, -0.05) is 41.7 Å². The first-order valence-corrected chi connectivity index (χ1v) is 14.2. The lowest BCUT2D eigenvalue weighted by Gasteiger charge is -2.25. The molecule has 204 valence electrons. The van der Waals surface area contributed by atoms with Gasteiger partial charge in [0, 0.05) is 5.69 Å². The van der Waals surface area contributed by atoms with Gasteiger partial charge in [-0.15, -0.1) is 0 Å². The average Bonchev–Trinajstić information content (AvgIpc) is 3.26. The van der Waals surface area contributed by atoms with Gasteiger partial charge < -0.3 is 19.5 Å². The highest BCUT2D eigenvalue weighted by Gasteiger charge is 2.32. The Balaban J connectivity index is 1.69. The summed E-state index contributed by atoms with van der Waals surface area (Å²) in [6.45, 7) is 1.79. The molecule has 8 nitrogen and oxygen atoms in total. The number of rotatable bonds is 7. The molecule has 1 amide bonds. The molecule has 0 unspecified atom stereocenters. The Labute approximate surface area is 248 Å². The maximum atomic E-state index is 14.0. The van der Waals surface area contributed by atoms with E-state index in [9.17, 15) is 9.59 Å². The lowest BCUT2D eigenvalue weighted by Crippen LogP contribution is -2.40. The van der Waals surface area contributed by atoms with Crippen LogP contribution in [-0.2, 0) is 4.79 Å². The van der Waals surface area contributed by atoms with Gasteiger partial charge in [0.25, 0.3) is 11.5 Å². The predicted molar refractivity (Wildman–Crippen MR) is 164 cm³/mol. The van der Waals surface area contributed by atoms with Gasteiger partial charge in [0.1, 0.15) is 5.75 Å². The van der Waals surface area contributed by atoms with Crippen LogP contribution in [0.5, 0.6) is 17.2 Å². The second-order valence-corrected chi connectivity index (χ2v) is 11.1. The molecule has 0 bridgehead atoms.